The number of pyridine rings is 1. The lowest BCUT2D eigenvalue weighted by Crippen LogP contribution is -2.27. The zero-order chi connectivity index (χ0) is 18.8. The van der Waals surface area contributed by atoms with Crippen molar-refractivity contribution >= 4 is 5.91 Å². The molecule has 6 heteroatoms. The second-order valence-corrected chi connectivity index (χ2v) is 6.19. The Morgan fingerprint density at radius 3 is 2.62 bits per heavy atom. The summed E-state index contributed by atoms with van der Waals surface area (Å²) in [6.07, 6.45) is 3.41. The number of nitrogens with zero attached hydrogens (tertiary/aromatic N) is 2. The molecule has 2 heterocycles. The molecule has 0 aliphatic rings. The molecular formula is C20H19F2N3O. The van der Waals surface area contributed by atoms with E-state index in [0.29, 0.717) is 5.56 Å². The minimum Gasteiger partial charge on any atom is -0.345 e. The van der Waals surface area contributed by atoms with Crippen molar-refractivity contribution in [3.05, 3.63) is 82.9 Å². The Morgan fingerprint density at radius 1 is 1.19 bits per heavy atom. The molecule has 4 nitrogen and oxygen atoms in total. The predicted octanol–water partition coefficient (Wildman–Crippen LogP) is 4.26. The molecule has 2 aromatic heterocycles. The molecule has 3 aromatic rings. The van der Waals surface area contributed by atoms with E-state index in [0.717, 1.165) is 23.1 Å². The van der Waals surface area contributed by atoms with Crippen molar-refractivity contribution in [3.8, 4) is 5.69 Å². The molecule has 3 rings (SSSR count). The zero-order valence-corrected chi connectivity index (χ0v) is 14.8. The summed E-state index contributed by atoms with van der Waals surface area (Å²) in [5, 5.41) is 2.78. The lowest BCUT2D eigenvalue weighted by atomic mass is 10.1. The second-order valence-electron chi connectivity index (χ2n) is 6.19. The molecule has 0 aliphatic carbocycles. The van der Waals surface area contributed by atoms with Crippen LogP contribution in [0.25, 0.3) is 5.69 Å². The number of benzene rings is 1. The van der Waals surface area contributed by atoms with Gasteiger partial charge in [0.1, 0.15) is 11.6 Å². The van der Waals surface area contributed by atoms with Gasteiger partial charge in [-0.2, -0.15) is 0 Å². The van der Waals surface area contributed by atoms with E-state index in [1.54, 1.807) is 25.4 Å². The molecule has 134 valence electrons. The molecule has 0 saturated heterocycles. The highest BCUT2D eigenvalue weighted by molar-refractivity contribution is 5.96. The smallest absolute Gasteiger partial charge is 0.253 e. The zero-order valence-electron chi connectivity index (χ0n) is 14.8. The molecule has 1 amide bonds. The third kappa shape index (κ3) is 3.35. The van der Waals surface area contributed by atoms with Gasteiger partial charge in [0.15, 0.2) is 0 Å². The highest BCUT2D eigenvalue weighted by Gasteiger charge is 2.20. The van der Waals surface area contributed by atoms with Gasteiger partial charge in [0.25, 0.3) is 5.91 Å². The number of hydrogen-bond donors (Lipinski definition) is 1. The third-order valence-electron chi connectivity index (χ3n) is 4.36. The van der Waals surface area contributed by atoms with E-state index in [4.69, 9.17) is 0 Å². The number of aromatic nitrogens is 2. The van der Waals surface area contributed by atoms with Crippen molar-refractivity contribution in [2.75, 3.05) is 0 Å². The van der Waals surface area contributed by atoms with Crippen LogP contribution in [0, 0.1) is 25.5 Å². The maximum absolute atomic E-state index is 13.9. The Kier molecular flexibility index (Phi) is 4.84. The summed E-state index contributed by atoms with van der Waals surface area (Å²) in [5.74, 6) is -1.65. The summed E-state index contributed by atoms with van der Waals surface area (Å²) < 4.78 is 28.9. The fraction of sp³-hybridized carbons (Fsp3) is 0.200. The van der Waals surface area contributed by atoms with Gasteiger partial charge in [0.05, 0.1) is 23.5 Å². The lowest BCUT2D eigenvalue weighted by molar-refractivity contribution is 0.0939. The van der Waals surface area contributed by atoms with Crippen LogP contribution in [-0.2, 0) is 0 Å². The van der Waals surface area contributed by atoms with Crippen LogP contribution in [0.2, 0.25) is 0 Å². The number of hydrogen-bond acceptors (Lipinski definition) is 2. The molecule has 0 aliphatic heterocycles. The number of amides is 1. The van der Waals surface area contributed by atoms with Gasteiger partial charge in [0.2, 0.25) is 0 Å². The minimum atomic E-state index is -0.682. The Morgan fingerprint density at radius 2 is 1.96 bits per heavy atom. The van der Waals surface area contributed by atoms with Crippen molar-refractivity contribution in [3.63, 3.8) is 0 Å². The first-order chi connectivity index (χ1) is 12.4. The quantitative estimate of drug-likeness (QED) is 0.760. The van der Waals surface area contributed by atoms with Crippen LogP contribution in [0.3, 0.4) is 0 Å². The summed E-state index contributed by atoms with van der Waals surface area (Å²) >= 11 is 0. The van der Waals surface area contributed by atoms with E-state index in [2.05, 4.69) is 10.3 Å². The lowest BCUT2D eigenvalue weighted by Gasteiger charge is -2.15. The number of aryl methyl sites for hydroxylation is 1. The van der Waals surface area contributed by atoms with Crippen LogP contribution in [-0.4, -0.2) is 15.5 Å². The molecule has 0 radical (unpaired) electrons. The van der Waals surface area contributed by atoms with Gasteiger partial charge in [0, 0.05) is 29.2 Å². The van der Waals surface area contributed by atoms with Crippen LogP contribution in [0.15, 0.2) is 48.8 Å². The summed E-state index contributed by atoms with van der Waals surface area (Å²) in [4.78, 5) is 16.8. The molecule has 0 fully saturated rings. The van der Waals surface area contributed by atoms with E-state index in [1.807, 2.05) is 30.5 Å². The van der Waals surface area contributed by atoms with E-state index in [-0.39, 0.29) is 11.5 Å². The first kappa shape index (κ1) is 17.8. The number of halogens is 2. The van der Waals surface area contributed by atoms with Crippen LogP contribution in [0.1, 0.15) is 40.3 Å². The average molecular weight is 355 g/mol. The first-order valence-corrected chi connectivity index (χ1v) is 8.23. The average Bonchev–Trinajstić information content (AvgIpc) is 2.90. The molecule has 0 bridgehead atoms. The van der Waals surface area contributed by atoms with Crippen LogP contribution >= 0.6 is 0 Å². The second kappa shape index (κ2) is 7.07. The van der Waals surface area contributed by atoms with E-state index in [1.165, 1.54) is 12.1 Å². The van der Waals surface area contributed by atoms with Crippen LogP contribution in [0.5, 0.6) is 0 Å². The first-order valence-electron chi connectivity index (χ1n) is 8.23. The molecule has 0 unspecified atom stereocenters. The molecular weight excluding hydrogens is 336 g/mol. The van der Waals surface area contributed by atoms with Gasteiger partial charge in [-0.25, -0.2) is 8.78 Å². The Labute approximate surface area is 150 Å². The maximum Gasteiger partial charge on any atom is 0.253 e. The Balaban J connectivity index is 1.87. The largest absolute Gasteiger partial charge is 0.345 e. The molecule has 1 atom stereocenters. The number of carbonyl (C=O) groups excluding carboxylic acids is 1. The highest BCUT2D eigenvalue weighted by atomic mass is 19.1. The SMILES string of the molecule is Cc1cc(C(=O)N[C@H](C)c2ccc(F)cc2F)c(C)n1-c1cccnc1. The van der Waals surface area contributed by atoms with E-state index < -0.39 is 17.7 Å². The van der Waals surface area contributed by atoms with E-state index >= 15 is 0 Å². The van der Waals surface area contributed by atoms with Gasteiger partial charge in [-0.1, -0.05) is 6.07 Å². The number of rotatable bonds is 4. The number of nitrogens with one attached hydrogen (secondary N) is 1. The summed E-state index contributed by atoms with van der Waals surface area (Å²) in [7, 11) is 0. The van der Waals surface area contributed by atoms with Gasteiger partial charge in [-0.15, -0.1) is 0 Å². The monoisotopic (exact) mass is 355 g/mol. The molecule has 0 saturated carbocycles. The summed E-state index contributed by atoms with van der Waals surface area (Å²) in [5.41, 5.74) is 3.25. The van der Waals surface area contributed by atoms with E-state index in [9.17, 15) is 13.6 Å². The molecule has 1 aromatic carbocycles. The highest BCUT2D eigenvalue weighted by Crippen LogP contribution is 2.22. The number of carbonyl (C=O) groups is 1. The van der Waals surface area contributed by atoms with Crippen molar-refractivity contribution < 1.29 is 13.6 Å². The minimum absolute atomic E-state index is 0.237. The van der Waals surface area contributed by atoms with Crippen LogP contribution < -0.4 is 5.32 Å². The van der Waals surface area contributed by atoms with Gasteiger partial charge >= 0.3 is 0 Å². The summed E-state index contributed by atoms with van der Waals surface area (Å²) in [6, 6.07) is 8.25. The standard InChI is InChI=1S/C20H19F2N3O/c1-12-9-18(14(3)25(12)16-5-4-8-23-11-16)20(26)24-13(2)17-7-6-15(21)10-19(17)22/h4-11,13H,1-3H3,(H,24,26)/t13-/m1/s1. The predicted molar refractivity (Wildman–Crippen MR) is 95.3 cm³/mol. The van der Waals surface area contributed by atoms with Crippen molar-refractivity contribution in [1.82, 2.24) is 14.9 Å². The van der Waals surface area contributed by atoms with Gasteiger partial charge < -0.3 is 9.88 Å². The molecule has 0 spiro atoms. The van der Waals surface area contributed by atoms with Gasteiger partial charge in [-0.05, 0) is 45.0 Å². The van der Waals surface area contributed by atoms with Crippen molar-refractivity contribution in [2.45, 2.75) is 26.8 Å². The Bertz CT molecular complexity index is 951. The normalized spacial score (nSPS) is 12.0. The maximum atomic E-state index is 13.9. The van der Waals surface area contributed by atoms with Crippen LogP contribution in [0.4, 0.5) is 8.78 Å². The van der Waals surface area contributed by atoms with Crippen molar-refractivity contribution in [1.29, 1.82) is 0 Å². The third-order valence-corrected chi connectivity index (χ3v) is 4.36. The summed E-state index contributed by atoms with van der Waals surface area (Å²) in [6.45, 7) is 5.41. The van der Waals surface area contributed by atoms with Gasteiger partial charge in [-0.3, -0.25) is 9.78 Å². The topological polar surface area (TPSA) is 46.9 Å². The molecule has 26 heavy (non-hydrogen) atoms. The Hall–Kier alpha value is -3.02. The fourth-order valence-electron chi connectivity index (χ4n) is 3.08. The fourth-order valence-corrected chi connectivity index (χ4v) is 3.08. The molecule has 1 N–H and O–H groups in total. The van der Waals surface area contributed by atoms with Crippen molar-refractivity contribution in [2.24, 2.45) is 0 Å².